The molecule has 0 aliphatic carbocycles. The molecule has 2 aromatic rings. The number of benzene rings is 2. The van der Waals surface area contributed by atoms with Crippen molar-refractivity contribution in [2.24, 2.45) is 0 Å². The molecule has 3 heterocycles. The summed E-state index contributed by atoms with van der Waals surface area (Å²) in [6, 6.07) is 13.0. The van der Waals surface area contributed by atoms with Crippen LogP contribution in [0.2, 0.25) is 0 Å². The smallest absolute Gasteiger partial charge is 0.410 e. The van der Waals surface area contributed by atoms with Crippen LogP contribution in [0.5, 0.6) is 0 Å². The second-order valence-electron chi connectivity index (χ2n) is 11.2. The lowest BCUT2D eigenvalue weighted by Gasteiger charge is -2.50. The number of hydrogen-bond acceptors (Lipinski definition) is 7. The largest absolute Gasteiger partial charge is 0.457 e. The number of esters is 1. The van der Waals surface area contributed by atoms with Crippen molar-refractivity contribution in [3.05, 3.63) is 70.3 Å². The van der Waals surface area contributed by atoms with Gasteiger partial charge in [0.05, 0.1) is 11.6 Å². The summed E-state index contributed by atoms with van der Waals surface area (Å²) in [7, 11) is 0. The van der Waals surface area contributed by atoms with E-state index in [2.05, 4.69) is 4.90 Å². The Labute approximate surface area is 223 Å². The fourth-order valence-corrected chi connectivity index (χ4v) is 5.48. The number of fused-ring (bicyclic) bond motifs is 2. The second kappa shape index (κ2) is 10.3. The maximum atomic E-state index is 13.4. The zero-order valence-electron chi connectivity index (χ0n) is 22.4. The first-order chi connectivity index (χ1) is 18.1. The maximum absolute atomic E-state index is 13.4. The molecular weight excluding hydrogens is 486 g/mol. The first-order valence-corrected chi connectivity index (χ1v) is 13.1. The molecule has 9 heteroatoms. The normalized spacial score (nSPS) is 21.4. The van der Waals surface area contributed by atoms with Crippen LogP contribution >= 0.6 is 0 Å². The Bertz CT molecular complexity index is 1220. The zero-order valence-corrected chi connectivity index (χ0v) is 22.4. The summed E-state index contributed by atoms with van der Waals surface area (Å²) in [5.41, 5.74) is 3.71. The Morgan fingerprint density at radius 3 is 2.50 bits per heavy atom. The number of hydrogen-bond donors (Lipinski definition) is 0. The van der Waals surface area contributed by atoms with E-state index in [1.165, 1.54) is 0 Å². The van der Waals surface area contributed by atoms with Gasteiger partial charge in [-0.3, -0.25) is 9.80 Å². The monoisotopic (exact) mass is 521 g/mol. The Morgan fingerprint density at radius 1 is 1.00 bits per heavy atom. The lowest BCUT2D eigenvalue weighted by molar-refractivity contribution is -0.0364. The van der Waals surface area contributed by atoms with Crippen LogP contribution in [-0.2, 0) is 27.4 Å². The van der Waals surface area contributed by atoms with Crippen molar-refractivity contribution in [2.75, 3.05) is 32.7 Å². The third-order valence-electron chi connectivity index (χ3n) is 7.45. The molecule has 0 aromatic heterocycles. The molecule has 3 aliphatic heterocycles. The predicted molar refractivity (Wildman–Crippen MR) is 140 cm³/mol. The van der Waals surface area contributed by atoms with Gasteiger partial charge in [0, 0.05) is 44.3 Å². The maximum Gasteiger partial charge on any atom is 0.410 e. The van der Waals surface area contributed by atoms with Gasteiger partial charge in [0.25, 0.3) is 0 Å². The van der Waals surface area contributed by atoms with Gasteiger partial charge < -0.3 is 19.1 Å². The number of ether oxygens (including phenoxy) is 3. The van der Waals surface area contributed by atoms with Gasteiger partial charge in [-0.05, 0) is 50.5 Å². The quantitative estimate of drug-likeness (QED) is 0.440. The van der Waals surface area contributed by atoms with E-state index < -0.39 is 11.7 Å². The van der Waals surface area contributed by atoms with E-state index in [9.17, 15) is 14.4 Å². The van der Waals surface area contributed by atoms with Crippen molar-refractivity contribution >= 4 is 18.2 Å². The summed E-state index contributed by atoms with van der Waals surface area (Å²) in [5.74, 6) is -0.308. The standard InChI is InChI=1S/C29H35N3O6/c1-19-22(10-11-23-24(19)18-36-26(23)33)25-16-30-12-13-31(27(34)37-17-20-8-6-5-7-9-20)14-21(30)15-32(25)28(35)38-29(2,3)4/h5-11,21,25H,12-18H2,1-4H3/t21-,25-/m0/s1. The summed E-state index contributed by atoms with van der Waals surface area (Å²) < 4.78 is 16.6. The minimum absolute atomic E-state index is 0.0450. The molecule has 2 fully saturated rings. The SMILES string of the molecule is Cc1c([C@@H]2CN3CCN(C(=O)OCc4ccccc4)C[C@H]3CN2C(=O)OC(C)(C)C)ccc2c1COC2=O. The van der Waals surface area contributed by atoms with Crippen LogP contribution in [-0.4, -0.2) is 77.2 Å². The van der Waals surface area contributed by atoms with Gasteiger partial charge in [0.2, 0.25) is 0 Å². The van der Waals surface area contributed by atoms with Gasteiger partial charge in [0.15, 0.2) is 0 Å². The highest BCUT2D eigenvalue weighted by Gasteiger charge is 2.43. The number of carbonyl (C=O) groups is 3. The van der Waals surface area contributed by atoms with Crippen LogP contribution in [0.25, 0.3) is 0 Å². The molecule has 0 spiro atoms. The van der Waals surface area contributed by atoms with Gasteiger partial charge in [-0.2, -0.15) is 0 Å². The summed E-state index contributed by atoms with van der Waals surface area (Å²) >= 11 is 0. The van der Waals surface area contributed by atoms with Gasteiger partial charge in [-0.15, -0.1) is 0 Å². The van der Waals surface area contributed by atoms with Gasteiger partial charge in [-0.1, -0.05) is 36.4 Å². The van der Waals surface area contributed by atoms with E-state index in [4.69, 9.17) is 14.2 Å². The molecule has 2 atom stereocenters. The van der Waals surface area contributed by atoms with Gasteiger partial charge in [-0.25, -0.2) is 14.4 Å². The Kier molecular flexibility index (Phi) is 7.05. The minimum atomic E-state index is -0.647. The molecule has 0 bridgehead atoms. The Morgan fingerprint density at radius 2 is 1.76 bits per heavy atom. The minimum Gasteiger partial charge on any atom is -0.457 e. The molecule has 0 N–H and O–H groups in total. The molecule has 9 nitrogen and oxygen atoms in total. The molecule has 0 unspecified atom stereocenters. The van der Waals surface area contributed by atoms with Crippen LogP contribution in [0.15, 0.2) is 42.5 Å². The van der Waals surface area contributed by atoms with Crippen molar-refractivity contribution in [1.29, 1.82) is 0 Å². The van der Waals surface area contributed by atoms with E-state index in [1.807, 2.05) is 64.1 Å². The number of rotatable bonds is 3. The molecule has 2 aromatic carbocycles. The van der Waals surface area contributed by atoms with Crippen LogP contribution < -0.4 is 0 Å². The Balaban J connectivity index is 1.34. The third kappa shape index (κ3) is 5.34. The molecule has 3 aliphatic rings. The van der Waals surface area contributed by atoms with E-state index in [-0.39, 0.29) is 37.4 Å². The van der Waals surface area contributed by atoms with Crippen LogP contribution in [0, 0.1) is 6.92 Å². The highest BCUT2D eigenvalue weighted by Crippen LogP contribution is 2.36. The number of amides is 2. The van der Waals surface area contributed by atoms with E-state index in [0.29, 0.717) is 38.3 Å². The molecule has 2 saturated heterocycles. The lowest BCUT2D eigenvalue weighted by Crippen LogP contribution is -2.64. The molecule has 0 saturated carbocycles. The summed E-state index contributed by atoms with van der Waals surface area (Å²) in [6.45, 7) is 10.7. The number of cyclic esters (lactones) is 1. The zero-order chi connectivity index (χ0) is 27.0. The molecule has 2 amide bonds. The highest BCUT2D eigenvalue weighted by atomic mass is 16.6. The average molecular weight is 522 g/mol. The molecular formula is C29H35N3O6. The Hall–Kier alpha value is -3.59. The van der Waals surface area contributed by atoms with Crippen LogP contribution in [0.3, 0.4) is 0 Å². The number of nitrogens with zero attached hydrogens (tertiary/aromatic N) is 3. The van der Waals surface area contributed by atoms with Crippen molar-refractivity contribution in [2.45, 2.75) is 58.6 Å². The molecule has 0 radical (unpaired) electrons. The van der Waals surface area contributed by atoms with Crippen molar-refractivity contribution in [3.8, 4) is 0 Å². The second-order valence-corrected chi connectivity index (χ2v) is 11.2. The van der Waals surface area contributed by atoms with Crippen LogP contribution in [0.1, 0.15) is 59.4 Å². The van der Waals surface area contributed by atoms with Crippen molar-refractivity contribution in [3.63, 3.8) is 0 Å². The van der Waals surface area contributed by atoms with E-state index in [0.717, 1.165) is 22.3 Å². The van der Waals surface area contributed by atoms with Crippen LogP contribution in [0.4, 0.5) is 9.59 Å². The fourth-order valence-electron chi connectivity index (χ4n) is 5.48. The van der Waals surface area contributed by atoms with Gasteiger partial charge >= 0.3 is 18.2 Å². The average Bonchev–Trinajstić information content (AvgIpc) is 3.27. The lowest BCUT2D eigenvalue weighted by atomic mass is 9.91. The summed E-state index contributed by atoms with van der Waals surface area (Å²) in [4.78, 5) is 44.2. The number of carbonyl (C=O) groups excluding carboxylic acids is 3. The summed E-state index contributed by atoms with van der Waals surface area (Å²) in [6.07, 6.45) is -0.739. The molecule has 5 rings (SSSR count). The van der Waals surface area contributed by atoms with Crippen molar-refractivity contribution in [1.82, 2.24) is 14.7 Å². The third-order valence-corrected chi connectivity index (χ3v) is 7.45. The predicted octanol–water partition coefficient (Wildman–Crippen LogP) is 4.28. The van der Waals surface area contributed by atoms with Gasteiger partial charge in [0.1, 0.15) is 18.8 Å². The fraction of sp³-hybridized carbons (Fsp3) is 0.483. The topological polar surface area (TPSA) is 88.6 Å². The van der Waals surface area contributed by atoms with E-state index in [1.54, 1.807) is 15.9 Å². The summed E-state index contributed by atoms with van der Waals surface area (Å²) in [5, 5.41) is 0. The molecule has 38 heavy (non-hydrogen) atoms. The van der Waals surface area contributed by atoms with E-state index >= 15 is 0 Å². The van der Waals surface area contributed by atoms with Crippen molar-refractivity contribution < 1.29 is 28.6 Å². The first-order valence-electron chi connectivity index (χ1n) is 13.1. The highest BCUT2D eigenvalue weighted by molar-refractivity contribution is 5.94. The first kappa shape index (κ1) is 26.0. The number of piperazine rings is 2. The molecule has 202 valence electrons.